The Morgan fingerprint density at radius 3 is 1.61 bits per heavy atom. The fourth-order valence-corrected chi connectivity index (χ4v) is 11.2. The predicted molar refractivity (Wildman–Crippen MR) is 303 cm³/mol. The number of anilines is 2. The molecular weight excluding hydrogens is 873 g/mol. The fraction of sp³-hybridized carbons (Fsp3) is 0.0870. The summed E-state index contributed by atoms with van der Waals surface area (Å²) in [5, 5.41) is 0.957. The SMILES string of the molecule is C/C=C\c1c(C=O)c2cc(C3=CC=C(N(c4ccc(-c5ccccc5)cc4)c4ccc(-c5ccc6c(c5)C(c5ccccc5)(c5ccccc5)c5ccccc5-6)cc4)CC3)ccc2n1-c1ccccc1.CC. The Labute approximate surface area is 424 Å². The van der Waals surface area contributed by atoms with Crippen LogP contribution in [0, 0.1) is 0 Å². The lowest BCUT2D eigenvalue weighted by atomic mass is 9.67. The van der Waals surface area contributed by atoms with Gasteiger partial charge in [-0.15, -0.1) is 0 Å². The van der Waals surface area contributed by atoms with Gasteiger partial charge in [0, 0.05) is 33.7 Å². The highest BCUT2D eigenvalue weighted by atomic mass is 16.1. The zero-order valence-electron chi connectivity index (χ0n) is 41.0. The fourth-order valence-electron chi connectivity index (χ4n) is 11.2. The average Bonchev–Trinajstić information content (AvgIpc) is 3.94. The summed E-state index contributed by atoms with van der Waals surface area (Å²) in [6, 6.07) is 83.5. The summed E-state index contributed by atoms with van der Waals surface area (Å²) in [4.78, 5) is 15.2. The van der Waals surface area contributed by atoms with Gasteiger partial charge in [-0.3, -0.25) is 4.79 Å². The van der Waals surface area contributed by atoms with Crippen LogP contribution in [-0.2, 0) is 5.41 Å². The van der Waals surface area contributed by atoms with Crippen LogP contribution in [0.2, 0.25) is 0 Å². The standard InChI is InChI=1S/C67H50N2O.C2H6/c1-2-17-65-62(46-70)61-44-51(35-43-66(61)69(65)55-24-13-6-14-25-55)49-30-38-57(39-31-49)68(56-36-28-48(29-37-56)47-18-7-3-8-19-47)58-40-32-50(33-41-58)52-34-42-60-59-26-15-16-27-63(59)67(64(60)45-52,53-20-9-4-10-21-53)54-22-11-5-12-23-54;1-2/h2-30,32-38,40-46H,31,39H2,1H3;1-2H3/b17-2-;. The molecule has 0 bridgehead atoms. The number of carbonyl (C=O) groups is 1. The predicted octanol–water partition coefficient (Wildman–Crippen LogP) is 18.1. The van der Waals surface area contributed by atoms with Gasteiger partial charge in [0.2, 0.25) is 0 Å². The maximum Gasteiger partial charge on any atom is 0.152 e. The maximum atomic E-state index is 12.8. The van der Waals surface area contributed by atoms with E-state index < -0.39 is 5.41 Å². The minimum absolute atomic E-state index is 0.460. The van der Waals surface area contributed by atoms with Crippen LogP contribution in [0.15, 0.2) is 254 Å². The zero-order chi connectivity index (χ0) is 49.0. The number of rotatable bonds is 11. The van der Waals surface area contributed by atoms with Crippen LogP contribution >= 0.6 is 0 Å². The molecule has 1 aromatic heterocycles. The van der Waals surface area contributed by atoms with Crippen LogP contribution in [0.25, 0.3) is 61.6 Å². The van der Waals surface area contributed by atoms with E-state index in [9.17, 15) is 4.79 Å². The molecule has 9 aromatic carbocycles. The van der Waals surface area contributed by atoms with Crippen molar-refractivity contribution in [1.82, 2.24) is 4.57 Å². The number of aromatic nitrogens is 1. The highest BCUT2D eigenvalue weighted by Crippen LogP contribution is 2.56. The number of hydrogen-bond acceptors (Lipinski definition) is 2. The molecule has 0 radical (unpaired) electrons. The summed E-state index contributed by atoms with van der Waals surface area (Å²) in [6.45, 7) is 5.99. The summed E-state index contributed by atoms with van der Waals surface area (Å²) in [5.74, 6) is 0. The van der Waals surface area contributed by atoms with E-state index in [4.69, 9.17) is 0 Å². The van der Waals surface area contributed by atoms with E-state index in [1.54, 1.807) is 0 Å². The second kappa shape index (κ2) is 19.9. The molecule has 2 aliphatic rings. The van der Waals surface area contributed by atoms with Gasteiger partial charge >= 0.3 is 0 Å². The monoisotopic (exact) mass is 928 g/mol. The first-order chi connectivity index (χ1) is 35.6. The van der Waals surface area contributed by atoms with Gasteiger partial charge in [0.1, 0.15) is 0 Å². The number of carbonyl (C=O) groups excluding carboxylic acids is 1. The van der Waals surface area contributed by atoms with E-state index in [1.807, 2.05) is 51.1 Å². The second-order valence-corrected chi connectivity index (χ2v) is 18.3. The molecule has 12 rings (SSSR count). The molecular formula is C69H56N2O. The van der Waals surface area contributed by atoms with Crippen molar-refractivity contribution in [3.8, 4) is 39.1 Å². The number of nitrogens with zero attached hydrogens (tertiary/aromatic N) is 2. The highest BCUT2D eigenvalue weighted by Gasteiger charge is 2.46. The van der Waals surface area contributed by atoms with Crippen molar-refractivity contribution in [3.05, 3.63) is 294 Å². The first kappa shape index (κ1) is 45.6. The minimum Gasteiger partial charge on any atom is -0.314 e. The molecule has 3 nitrogen and oxygen atoms in total. The van der Waals surface area contributed by atoms with Crippen LogP contribution in [0.3, 0.4) is 0 Å². The van der Waals surface area contributed by atoms with Gasteiger partial charge in [-0.2, -0.15) is 0 Å². The van der Waals surface area contributed by atoms with Crippen LogP contribution < -0.4 is 4.90 Å². The van der Waals surface area contributed by atoms with Crippen LogP contribution in [0.5, 0.6) is 0 Å². The molecule has 2 aliphatic carbocycles. The molecule has 0 atom stereocenters. The lowest BCUT2D eigenvalue weighted by Crippen LogP contribution is -2.28. The smallest absolute Gasteiger partial charge is 0.152 e. The van der Waals surface area contributed by atoms with Gasteiger partial charge in [0.15, 0.2) is 6.29 Å². The lowest BCUT2D eigenvalue weighted by molar-refractivity contribution is 0.112. The van der Waals surface area contributed by atoms with Crippen LogP contribution in [0.4, 0.5) is 11.4 Å². The molecule has 72 heavy (non-hydrogen) atoms. The second-order valence-electron chi connectivity index (χ2n) is 18.3. The molecule has 348 valence electrons. The topological polar surface area (TPSA) is 25.2 Å². The van der Waals surface area contributed by atoms with Crippen molar-refractivity contribution in [3.63, 3.8) is 0 Å². The quantitative estimate of drug-likeness (QED) is 0.121. The Morgan fingerprint density at radius 2 is 1.01 bits per heavy atom. The summed E-state index contributed by atoms with van der Waals surface area (Å²) in [7, 11) is 0. The van der Waals surface area contributed by atoms with E-state index in [-0.39, 0.29) is 0 Å². The molecule has 0 amide bonds. The van der Waals surface area contributed by atoms with Crippen LogP contribution in [-0.4, -0.2) is 10.9 Å². The lowest BCUT2D eigenvalue weighted by Gasteiger charge is -2.34. The highest BCUT2D eigenvalue weighted by molar-refractivity contribution is 6.04. The third kappa shape index (κ3) is 7.94. The Bertz CT molecular complexity index is 3600. The minimum atomic E-state index is -0.460. The molecule has 0 saturated heterocycles. The van der Waals surface area contributed by atoms with E-state index in [2.05, 4.69) is 234 Å². The third-order valence-corrected chi connectivity index (χ3v) is 14.4. The molecule has 10 aromatic rings. The zero-order valence-corrected chi connectivity index (χ0v) is 41.0. The Hall–Kier alpha value is -8.79. The molecule has 0 fully saturated rings. The summed E-state index contributed by atoms with van der Waals surface area (Å²) >= 11 is 0. The van der Waals surface area contributed by atoms with Crippen molar-refractivity contribution in [2.45, 2.75) is 39.0 Å². The van der Waals surface area contributed by atoms with E-state index in [0.29, 0.717) is 5.56 Å². The van der Waals surface area contributed by atoms with Crippen molar-refractivity contribution in [2.75, 3.05) is 4.90 Å². The number of para-hydroxylation sites is 1. The summed E-state index contributed by atoms with van der Waals surface area (Å²) in [5.41, 5.74) is 21.4. The van der Waals surface area contributed by atoms with Gasteiger partial charge in [-0.25, -0.2) is 0 Å². The number of hydrogen-bond donors (Lipinski definition) is 0. The van der Waals surface area contributed by atoms with Crippen molar-refractivity contribution >= 4 is 40.2 Å². The molecule has 0 N–H and O–H groups in total. The first-order valence-corrected chi connectivity index (χ1v) is 25.3. The maximum absolute atomic E-state index is 12.8. The van der Waals surface area contributed by atoms with Crippen LogP contribution in [0.1, 0.15) is 77.5 Å². The number of benzene rings is 9. The number of allylic oxidation sites excluding steroid dienone is 5. The van der Waals surface area contributed by atoms with Crippen molar-refractivity contribution in [2.24, 2.45) is 0 Å². The van der Waals surface area contributed by atoms with Gasteiger partial charge in [-0.1, -0.05) is 202 Å². The third-order valence-electron chi connectivity index (χ3n) is 14.4. The molecule has 1 heterocycles. The summed E-state index contributed by atoms with van der Waals surface area (Å²) in [6.07, 6.45) is 11.3. The van der Waals surface area contributed by atoms with E-state index in [0.717, 1.165) is 58.4 Å². The average molecular weight is 929 g/mol. The van der Waals surface area contributed by atoms with E-state index in [1.165, 1.54) is 66.9 Å². The number of fused-ring (bicyclic) bond motifs is 4. The Balaban J connectivity index is 0.00000277. The van der Waals surface area contributed by atoms with Gasteiger partial charge < -0.3 is 9.47 Å². The first-order valence-electron chi connectivity index (χ1n) is 25.3. The van der Waals surface area contributed by atoms with E-state index >= 15 is 0 Å². The molecule has 3 heteroatoms. The molecule has 0 aliphatic heterocycles. The van der Waals surface area contributed by atoms with Gasteiger partial charge in [-0.05, 0) is 153 Å². The van der Waals surface area contributed by atoms with Crippen molar-refractivity contribution in [1.29, 1.82) is 0 Å². The van der Waals surface area contributed by atoms with Gasteiger partial charge in [0.25, 0.3) is 0 Å². The Morgan fingerprint density at radius 1 is 0.486 bits per heavy atom. The molecule has 0 unspecified atom stereocenters. The Kier molecular flexibility index (Phi) is 12.6. The van der Waals surface area contributed by atoms with Crippen molar-refractivity contribution < 1.29 is 4.79 Å². The normalized spacial score (nSPS) is 13.4. The van der Waals surface area contributed by atoms with Gasteiger partial charge in [0.05, 0.1) is 16.6 Å². The molecule has 0 saturated carbocycles. The largest absolute Gasteiger partial charge is 0.314 e. The number of aldehydes is 1. The molecule has 0 spiro atoms. The summed E-state index contributed by atoms with van der Waals surface area (Å²) < 4.78 is 2.19.